The van der Waals surface area contributed by atoms with E-state index < -0.39 is 0 Å². The van der Waals surface area contributed by atoms with Gasteiger partial charge in [-0.15, -0.1) is 0 Å². The molecule has 1 N–H and O–H groups in total. The van der Waals surface area contributed by atoms with Gasteiger partial charge in [-0.05, 0) is 57.5 Å². The number of likely N-dealkylation sites (tertiary alicyclic amines) is 1. The number of carbonyl (C=O) groups is 1. The van der Waals surface area contributed by atoms with Crippen molar-refractivity contribution >= 4 is 6.03 Å². The number of amides is 2. The molecule has 1 aliphatic rings. The molecule has 1 atom stereocenters. The van der Waals surface area contributed by atoms with Crippen molar-refractivity contribution < 1.29 is 4.79 Å². The second-order valence-corrected chi connectivity index (χ2v) is 5.67. The molecule has 1 aromatic heterocycles. The summed E-state index contributed by atoms with van der Waals surface area (Å²) in [5.41, 5.74) is 1.11. The third-order valence-electron chi connectivity index (χ3n) is 4.22. The van der Waals surface area contributed by atoms with Crippen molar-refractivity contribution in [1.29, 1.82) is 0 Å². The number of aromatic nitrogens is 1. The van der Waals surface area contributed by atoms with E-state index in [1.807, 2.05) is 24.0 Å². The van der Waals surface area contributed by atoms with E-state index in [1.54, 1.807) is 12.4 Å². The summed E-state index contributed by atoms with van der Waals surface area (Å²) in [6, 6.07) is 4.54. The van der Waals surface area contributed by atoms with E-state index >= 15 is 0 Å². The molecule has 1 aliphatic heterocycles. The lowest BCUT2D eigenvalue weighted by Crippen LogP contribution is -2.41. The van der Waals surface area contributed by atoms with Gasteiger partial charge in [-0.1, -0.05) is 0 Å². The van der Waals surface area contributed by atoms with Crippen LogP contribution < -0.4 is 5.32 Å². The molecule has 1 aromatic rings. The summed E-state index contributed by atoms with van der Waals surface area (Å²) < 4.78 is 0. The number of hydrogen-bond acceptors (Lipinski definition) is 3. The van der Waals surface area contributed by atoms with Crippen LogP contribution in [0.25, 0.3) is 0 Å². The van der Waals surface area contributed by atoms with Crippen LogP contribution in [-0.4, -0.2) is 53.5 Å². The zero-order valence-corrected chi connectivity index (χ0v) is 13.1. The summed E-state index contributed by atoms with van der Waals surface area (Å²) in [4.78, 5) is 20.4. The summed E-state index contributed by atoms with van der Waals surface area (Å²) in [6.07, 6.45) is 7.09. The molecule has 0 unspecified atom stereocenters. The molecule has 21 heavy (non-hydrogen) atoms. The molecule has 116 valence electrons. The standard InChI is InChI=1S/C16H26N4O/c1-3-20(13-14-6-9-17-10-7-14)16(21)18-11-8-15-5-4-12-19(15)2/h6-7,9-10,15H,3-5,8,11-13H2,1-2H3,(H,18,21)/t15-/m0/s1. The van der Waals surface area contributed by atoms with Gasteiger partial charge in [-0.25, -0.2) is 4.79 Å². The maximum absolute atomic E-state index is 12.2. The Kier molecular flexibility index (Phi) is 5.99. The molecule has 0 aliphatic carbocycles. The number of nitrogens with one attached hydrogen (secondary N) is 1. The third kappa shape index (κ3) is 4.70. The summed E-state index contributed by atoms with van der Waals surface area (Å²) in [6.45, 7) is 5.28. The van der Waals surface area contributed by atoms with E-state index in [0.717, 1.165) is 18.5 Å². The van der Waals surface area contributed by atoms with Gasteiger partial charge in [0, 0.05) is 38.1 Å². The summed E-state index contributed by atoms with van der Waals surface area (Å²) in [5, 5.41) is 3.05. The first-order valence-corrected chi connectivity index (χ1v) is 7.82. The van der Waals surface area contributed by atoms with Gasteiger partial charge in [0.2, 0.25) is 0 Å². The molecule has 0 saturated carbocycles. The van der Waals surface area contributed by atoms with Crippen molar-refractivity contribution in [2.75, 3.05) is 26.7 Å². The maximum Gasteiger partial charge on any atom is 0.317 e. The van der Waals surface area contributed by atoms with Crippen molar-refractivity contribution in [3.05, 3.63) is 30.1 Å². The second-order valence-electron chi connectivity index (χ2n) is 5.67. The molecule has 0 radical (unpaired) electrons. The number of rotatable bonds is 6. The maximum atomic E-state index is 12.2. The minimum atomic E-state index is 0.0231. The number of pyridine rings is 1. The fourth-order valence-electron chi connectivity index (χ4n) is 2.84. The Morgan fingerprint density at radius 3 is 2.86 bits per heavy atom. The zero-order valence-electron chi connectivity index (χ0n) is 13.1. The summed E-state index contributed by atoms with van der Waals surface area (Å²) in [7, 11) is 2.17. The normalized spacial score (nSPS) is 18.7. The van der Waals surface area contributed by atoms with Crippen LogP contribution in [0.5, 0.6) is 0 Å². The van der Waals surface area contributed by atoms with E-state index in [1.165, 1.54) is 19.4 Å². The van der Waals surface area contributed by atoms with E-state index in [-0.39, 0.29) is 6.03 Å². The largest absolute Gasteiger partial charge is 0.338 e. The second kappa shape index (κ2) is 7.98. The van der Waals surface area contributed by atoms with Crippen LogP contribution in [0.15, 0.2) is 24.5 Å². The highest BCUT2D eigenvalue weighted by atomic mass is 16.2. The summed E-state index contributed by atoms with van der Waals surface area (Å²) >= 11 is 0. The monoisotopic (exact) mass is 290 g/mol. The predicted molar refractivity (Wildman–Crippen MR) is 84.0 cm³/mol. The predicted octanol–water partition coefficient (Wildman–Crippen LogP) is 2.10. The summed E-state index contributed by atoms with van der Waals surface area (Å²) in [5.74, 6) is 0. The van der Waals surface area contributed by atoms with Gasteiger partial charge in [-0.3, -0.25) is 4.98 Å². The quantitative estimate of drug-likeness (QED) is 0.873. The number of urea groups is 1. The number of hydrogen-bond donors (Lipinski definition) is 1. The van der Waals surface area contributed by atoms with Crippen LogP contribution >= 0.6 is 0 Å². The highest BCUT2D eigenvalue weighted by Gasteiger charge is 2.20. The minimum absolute atomic E-state index is 0.0231. The molecule has 2 rings (SSSR count). The average Bonchev–Trinajstić information content (AvgIpc) is 2.91. The average molecular weight is 290 g/mol. The lowest BCUT2D eigenvalue weighted by molar-refractivity contribution is 0.196. The Morgan fingerprint density at radius 2 is 2.24 bits per heavy atom. The topological polar surface area (TPSA) is 48.5 Å². The molecule has 0 spiro atoms. The molecule has 2 heterocycles. The highest BCUT2D eigenvalue weighted by molar-refractivity contribution is 5.74. The Labute approximate surface area is 127 Å². The van der Waals surface area contributed by atoms with Crippen LogP contribution in [0.3, 0.4) is 0 Å². The van der Waals surface area contributed by atoms with E-state index in [9.17, 15) is 4.79 Å². The molecule has 5 nitrogen and oxygen atoms in total. The first kappa shape index (κ1) is 15.8. The van der Waals surface area contributed by atoms with Gasteiger partial charge < -0.3 is 15.1 Å². The molecule has 0 aromatic carbocycles. The van der Waals surface area contributed by atoms with Gasteiger partial charge >= 0.3 is 6.03 Å². The van der Waals surface area contributed by atoms with Gasteiger partial charge in [0.15, 0.2) is 0 Å². The smallest absolute Gasteiger partial charge is 0.317 e. The number of carbonyl (C=O) groups excluding carboxylic acids is 1. The van der Waals surface area contributed by atoms with Crippen molar-refractivity contribution in [2.45, 2.75) is 38.8 Å². The molecule has 5 heteroatoms. The Balaban J connectivity index is 1.75. The first-order chi connectivity index (χ1) is 10.2. The third-order valence-corrected chi connectivity index (χ3v) is 4.22. The van der Waals surface area contributed by atoms with E-state index in [4.69, 9.17) is 0 Å². The van der Waals surface area contributed by atoms with Crippen molar-refractivity contribution in [3.8, 4) is 0 Å². The van der Waals surface area contributed by atoms with Gasteiger partial charge in [0.25, 0.3) is 0 Å². The zero-order chi connectivity index (χ0) is 15.1. The fraction of sp³-hybridized carbons (Fsp3) is 0.625. The number of nitrogens with zero attached hydrogens (tertiary/aromatic N) is 3. The van der Waals surface area contributed by atoms with E-state index in [0.29, 0.717) is 19.1 Å². The van der Waals surface area contributed by atoms with Crippen molar-refractivity contribution in [3.63, 3.8) is 0 Å². The first-order valence-electron chi connectivity index (χ1n) is 7.82. The highest BCUT2D eigenvalue weighted by Crippen LogP contribution is 2.17. The van der Waals surface area contributed by atoms with Crippen LogP contribution in [0.1, 0.15) is 31.7 Å². The molecular formula is C16H26N4O. The van der Waals surface area contributed by atoms with Crippen LogP contribution in [0.2, 0.25) is 0 Å². The molecule has 2 amide bonds. The van der Waals surface area contributed by atoms with Crippen molar-refractivity contribution in [1.82, 2.24) is 20.1 Å². The molecular weight excluding hydrogens is 264 g/mol. The minimum Gasteiger partial charge on any atom is -0.338 e. The van der Waals surface area contributed by atoms with Gasteiger partial charge in [0.1, 0.15) is 0 Å². The van der Waals surface area contributed by atoms with Crippen LogP contribution in [0.4, 0.5) is 4.79 Å². The van der Waals surface area contributed by atoms with Gasteiger partial charge in [0.05, 0.1) is 0 Å². The molecule has 1 saturated heterocycles. The Morgan fingerprint density at radius 1 is 1.48 bits per heavy atom. The van der Waals surface area contributed by atoms with Crippen molar-refractivity contribution in [2.24, 2.45) is 0 Å². The van der Waals surface area contributed by atoms with Crippen LogP contribution in [-0.2, 0) is 6.54 Å². The van der Waals surface area contributed by atoms with E-state index in [2.05, 4.69) is 22.2 Å². The van der Waals surface area contributed by atoms with Crippen LogP contribution in [0, 0.1) is 0 Å². The SMILES string of the molecule is CCN(Cc1ccncc1)C(=O)NCC[C@@H]1CCCN1C. The lowest BCUT2D eigenvalue weighted by atomic mass is 10.1. The fourth-order valence-corrected chi connectivity index (χ4v) is 2.84. The molecule has 0 bridgehead atoms. The Hall–Kier alpha value is -1.62. The lowest BCUT2D eigenvalue weighted by Gasteiger charge is -2.23. The Bertz CT molecular complexity index is 437. The molecule has 1 fully saturated rings. The van der Waals surface area contributed by atoms with Gasteiger partial charge in [-0.2, -0.15) is 0 Å².